The molecule has 0 radical (unpaired) electrons. The van der Waals surface area contributed by atoms with Gasteiger partial charge in [-0.05, 0) is 48.4 Å². The van der Waals surface area contributed by atoms with Crippen LogP contribution in [0.3, 0.4) is 0 Å². The van der Waals surface area contributed by atoms with Gasteiger partial charge < -0.3 is 18.9 Å². The topological polar surface area (TPSA) is 71.1 Å². The molecule has 2 saturated carbocycles. The molecule has 35 heavy (non-hydrogen) atoms. The van der Waals surface area contributed by atoms with Crippen molar-refractivity contribution in [2.45, 2.75) is 56.8 Å². The second-order valence-electron chi connectivity index (χ2n) is 11.2. The fourth-order valence-corrected chi connectivity index (χ4v) is 8.64. The van der Waals surface area contributed by atoms with Gasteiger partial charge in [-0.25, -0.2) is 4.79 Å². The maximum absolute atomic E-state index is 13.5. The van der Waals surface area contributed by atoms with Crippen molar-refractivity contribution in [1.29, 1.82) is 0 Å². The van der Waals surface area contributed by atoms with Gasteiger partial charge in [-0.15, -0.1) is 0 Å². The molecule has 0 unspecified atom stereocenters. The number of hydrogen-bond acceptors (Lipinski definition) is 6. The number of methoxy groups -OCH3 is 1. The zero-order valence-electron chi connectivity index (χ0n) is 20.1. The average Bonchev–Trinajstić information content (AvgIpc) is 3.62. The molecule has 0 N–H and O–H groups in total. The van der Waals surface area contributed by atoms with Crippen LogP contribution in [0.15, 0.2) is 60.4 Å². The molecule has 6 aliphatic rings. The second-order valence-corrected chi connectivity index (χ2v) is 11.2. The SMILES string of the molecule is COc1ccc([C@@]23C=C[C@]4(CCCC[C@@]42C)[C@H]2C(=O)O[C@H](O/C=C4/C(=O)O[C@H]5C=CC[C@@H]45)[C@H]23)cc1. The van der Waals surface area contributed by atoms with E-state index in [4.69, 9.17) is 18.9 Å². The number of carbonyl (C=O) groups excluding carboxylic acids is 2. The fraction of sp³-hybridized carbons (Fsp3) is 0.517. The Balaban J connectivity index is 1.32. The maximum atomic E-state index is 13.5. The fourth-order valence-electron chi connectivity index (χ4n) is 8.64. The molecule has 0 amide bonds. The lowest BCUT2D eigenvalue weighted by atomic mass is 9.52. The number of rotatable bonds is 4. The molecular weight excluding hydrogens is 444 g/mol. The summed E-state index contributed by atoms with van der Waals surface area (Å²) in [5.41, 5.74) is 0.910. The first-order valence-electron chi connectivity index (χ1n) is 12.7. The van der Waals surface area contributed by atoms with Crippen molar-refractivity contribution in [2.24, 2.45) is 28.6 Å². The van der Waals surface area contributed by atoms with Gasteiger partial charge in [0.15, 0.2) is 0 Å². The number of benzene rings is 1. The van der Waals surface area contributed by atoms with Crippen LogP contribution in [0.2, 0.25) is 0 Å². The van der Waals surface area contributed by atoms with Gasteiger partial charge in [0, 0.05) is 16.7 Å². The van der Waals surface area contributed by atoms with Crippen LogP contribution in [0, 0.1) is 28.6 Å². The van der Waals surface area contributed by atoms with E-state index in [9.17, 15) is 9.59 Å². The zero-order chi connectivity index (χ0) is 24.0. The average molecular weight is 475 g/mol. The third-order valence-electron chi connectivity index (χ3n) is 10.2. The lowest BCUT2D eigenvalue weighted by Crippen LogP contribution is -2.48. The lowest BCUT2D eigenvalue weighted by molar-refractivity contribution is -0.166. The van der Waals surface area contributed by atoms with Crippen LogP contribution in [0.1, 0.15) is 44.6 Å². The summed E-state index contributed by atoms with van der Waals surface area (Å²) < 4.78 is 23.1. The Labute approximate surface area is 204 Å². The molecular formula is C29H30O6. The highest BCUT2D eigenvalue weighted by Gasteiger charge is 2.81. The standard InChI is InChI=1S/C29H30O6/c1-27-12-3-4-13-28(27)14-15-29(27,17-8-10-18(32-2)11-9-17)23-22(28)25(31)35-26(23)33-16-20-19-6-5-7-21(19)34-24(20)30/h5,7-11,14-16,19,21-23,26H,3-4,6,12-13H2,1-2H3/b20-16+/t19-,21-,22+,23-,26-,27-,28+,29+/m0/s1. The summed E-state index contributed by atoms with van der Waals surface area (Å²) in [6, 6.07) is 8.25. The summed E-state index contributed by atoms with van der Waals surface area (Å²) in [6.45, 7) is 2.36. The van der Waals surface area contributed by atoms with Gasteiger partial charge in [-0.2, -0.15) is 0 Å². The second kappa shape index (κ2) is 7.02. The largest absolute Gasteiger partial charge is 0.497 e. The van der Waals surface area contributed by atoms with Crippen molar-refractivity contribution in [2.75, 3.05) is 7.11 Å². The highest BCUT2D eigenvalue weighted by atomic mass is 16.7. The van der Waals surface area contributed by atoms with Crippen LogP contribution >= 0.6 is 0 Å². The van der Waals surface area contributed by atoms with Gasteiger partial charge in [0.05, 0.1) is 30.8 Å². The van der Waals surface area contributed by atoms with Crippen LogP contribution in [-0.4, -0.2) is 31.4 Å². The van der Waals surface area contributed by atoms with Gasteiger partial charge >= 0.3 is 11.9 Å². The zero-order valence-corrected chi connectivity index (χ0v) is 20.1. The molecule has 7 rings (SSSR count). The van der Waals surface area contributed by atoms with Crippen molar-refractivity contribution in [3.05, 3.63) is 66.0 Å². The summed E-state index contributed by atoms with van der Waals surface area (Å²) in [6.07, 6.45) is 14.2. The monoisotopic (exact) mass is 474 g/mol. The van der Waals surface area contributed by atoms with Crippen LogP contribution in [0.4, 0.5) is 0 Å². The molecule has 2 bridgehead atoms. The van der Waals surface area contributed by atoms with E-state index in [2.05, 4.69) is 31.2 Å². The molecule has 2 saturated heterocycles. The van der Waals surface area contributed by atoms with Crippen LogP contribution in [-0.2, 0) is 29.2 Å². The molecule has 6 heteroatoms. The summed E-state index contributed by atoms with van der Waals surface area (Å²) in [4.78, 5) is 26.0. The summed E-state index contributed by atoms with van der Waals surface area (Å²) in [5.74, 6) is -0.187. The first-order chi connectivity index (χ1) is 16.9. The molecule has 1 aromatic rings. The molecule has 4 aliphatic carbocycles. The Hall–Kier alpha value is -3.02. The van der Waals surface area contributed by atoms with E-state index in [0.29, 0.717) is 5.57 Å². The molecule has 8 atom stereocenters. The Morgan fingerprint density at radius 1 is 1.06 bits per heavy atom. The number of esters is 2. The minimum atomic E-state index is -0.757. The van der Waals surface area contributed by atoms with E-state index >= 15 is 0 Å². The Bertz CT molecular complexity index is 1200. The van der Waals surface area contributed by atoms with E-state index in [0.717, 1.165) is 43.4 Å². The van der Waals surface area contributed by atoms with Crippen molar-refractivity contribution < 1.29 is 28.5 Å². The van der Waals surface area contributed by atoms with Crippen molar-refractivity contribution in [1.82, 2.24) is 0 Å². The predicted molar refractivity (Wildman–Crippen MR) is 126 cm³/mol. The van der Waals surface area contributed by atoms with E-state index in [-0.39, 0.29) is 46.6 Å². The van der Waals surface area contributed by atoms with Crippen LogP contribution in [0.5, 0.6) is 5.75 Å². The first-order valence-corrected chi connectivity index (χ1v) is 12.7. The normalized spacial score (nSPS) is 45.3. The Morgan fingerprint density at radius 3 is 2.66 bits per heavy atom. The summed E-state index contributed by atoms with van der Waals surface area (Å²) >= 11 is 0. The van der Waals surface area contributed by atoms with Gasteiger partial charge in [0.25, 0.3) is 0 Å². The molecule has 0 spiro atoms. The number of allylic oxidation sites excluding steroid dienone is 3. The van der Waals surface area contributed by atoms with E-state index in [1.807, 2.05) is 24.3 Å². The third kappa shape index (κ3) is 2.41. The number of ether oxygens (including phenoxy) is 4. The van der Waals surface area contributed by atoms with Crippen LogP contribution in [0.25, 0.3) is 0 Å². The molecule has 2 heterocycles. The number of fused-ring (bicyclic) bond motifs is 3. The highest BCUT2D eigenvalue weighted by molar-refractivity contribution is 5.91. The third-order valence-corrected chi connectivity index (χ3v) is 10.2. The van der Waals surface area contributed by atoms with Crippen molar-refractivity contribution in [3.63, 3.8) is 0 Å². The van der Waals surface area contributed by atoms with Gasteiger partial charge in [0.2, 0.25) is 6.29 Å². The highest BCUT2D eigenvalue weighted by Crippen LogP contribution is 2.80. The van der Waals surface area contributed by atoms with E-state index in [1.54, 1.807) is 7.11 Å². The summed E-state index contributed by atoms with van der Waals surface area (Å²) in [7, 11) is 1.67. The minimum Gasteiger partial charge on any atom is -0.497 e. The summed E-state index contributed by atoms with van der Waals surface area (Å²) in [5, 5.41) is 0. The van der Waals surface area contributed by atoms with Crippen molar-refractivity contribution >= 4 is 11.9 Å². The molecule has 0 aromatic heterocycles. The first kappa shape index (κ1) is 21.3. The predicted octanol–water partition coefficient (Wildman–Crippen LogP) is 4.60. The van der Waals surface area contributed by atoms with Gasteiger partial charge in [0.1, 0.15) is 11.9 Å². The van der Waals surface area contributed by atoms with E-state index < -0.39 is 11.7 Å². The molecule has 182 valence electrons. The number of cyclic esters (lactones) is 1. The van der Waals surface area contributed by atoms with Gasteiger partial charge in [-0.1, -0.05) is 50.1 Å². The van der Waals surface area contributed by atoms with Gasteiger partial charge in [-0.3, -0.25) is 4.79 Å². The molecule has 4 fully saturated rings. The number of carbonyl (C=O) groups is 2. The smallest absolute Gasteiger partial charge is 0.338 e. The van der Waals surface area contributed by atoms with Crippen LogP contribution < -0.4 is 4.74 Å². The Morgan fingerprint density at radius 2 is 1.86 bits per heavy atom. The van der Waals surface area contributed by atoms with E-state index in [1.165, 1.54) is 6.26 Å². The van der Waals surface area contributed by atoms with Crippen molar-refractivity contribution in [3.8, 4) is 5.75 Å². The Kier molecular flexibility index (Phi) is 4.27. The quantitative estimate of drug-likeness (QED) is 0.275. The number of hydrogen-bond donors (Lipinski definition) is 0. The molecule has 6 nitrogen and oxygen atoms in total. The molecule has 1 aromatic carbocycles. The maximum Gasteiger partial charge on any atom is 0.338 e. The minimum absolute atomic E-state index is 0.0235. The molecule has 2 aliphatic heterocycles. The lowest BCUT2D eigenvalue weighted by Gasteiger charge is -2.51.